The summed E-state index contributed by atoms with van der Waals surface area (Å²) >= 11 is 0. The van der Waals surface area contributed by atoms with E-state index in [9.17, 15) is 4.79 Å². The Balaban J connectivity index is 1.11. The largest absolute Gasteiger partial charge is 0.372 e. The monoisotopic (exact) mass is 434 g/mol. The molecule has 6 heteroatoms. The van der Waals surface area contributed by atoms with E-state index in [1.165, 1.54) is 16.9 Å². The first-order valence-corrected chi connectivity index (χ1v) is 12.0. The van der Waals surface area contributed by atoms with Crippen molar-refractivity contribution >= 4 is 17.4 Å². The van der Waals surface area contributed by atoms with Gasteiger partial charge in [-0.15, -0.1) is 0 Å². The van der Waals surface area contributed by atoms with Crippen molar-refractivity contribution in [1.82, 2.24) is 10.2 Å². The van der Waals surface area contributed by atoms with Gasteiger partial charge in [-0.2, -0.15) is 0 Å². The minimum Gasteiger partial charge on any atom is -0.372 e. The lowest BCUT2D eigenvalue weighted by atomic mass is 10.0. The highest BCUT2D eigenvalue weighted by Crippen LogP contribution is 2.35. The first-order chi connectivity index (χ1) is 15.7. The van der Waals surface area contributed by atoms with Crippen molar-refractivity contribution in [2.75, 3.05) is 55.6 Å². The van der Waals surface area contributed by atoms with Crippen molar-refractivity contribution < 1.29 is 9.53 Å². The van der Waals surface area contributed by atoms with Crippen LogP contribution >= 0.6 is 0 Å². The molecule has 170 valence electrons. The van der Waals surface area contributed by atoms with Crippen LogP contribution in [-0.2, 0) is 11.3 Å². The van der Waals surface area contributed by atoms with E-state index in [-0.39, 0.29) is 6.03 Å². The molecule has 2 aromatic carbocycles. The van der Waals surface area contributed by atoms with E-state index in [1.807, 2.05) is 17.9 Å². The van der Waals surface area contributed by atoms with E-state index in [1.54, 1.807) is 0 Å². The van der Waals surface area contributed by atoms with Gasteiger partial charge in [0.2, 0.25) is 0 Å². The topological polar surface area (TPSA) is 48.1 Å². The predicted octanol–water partition coefficient (Wildman–Crippen LogP) is 3.58. The summed E-state index contributed by atoms with van der Waals surface area (Å²) in [5, 5.41) is 2.93. The molecular weight excluding hydrogens is 400 g/mol. The van der Waals surface area contributed by atoms with Crippen molar-refractivity contribution in [3.05, 3.63) is 60.2 Å². The van der Waals surface area contributed by atoms with E-state index in [4.69, 9.17) is 4.74 Å². The molecule has 32 heavy (non-hydrogen) atoms. The van der Waals surface area contributed by atoms with Gasteiger partial charge in [0.05, 0.1) is 12.7 Å². The average molecular weight is 435 g/mol. The highest BCUT2D eigenvalue weighted by atomic mass is 16.5. The van der Waals surface area contributed by atoms with E-state index < -0.39 is 0 Å². The van der Waals surface area contributed by atoms with Gasteiger partial charge >= 0.3 is 6.03 Å². The van der Waals surface area contributed by atoms with Crippen LogP contribution in [0.4, 0.5) is 16.2 Å². The Morgan fingerprint density at radius 1 is 0.906 bits per heavy atom. The van der Waals surface area contributed by atoms with Crippen LogP contribution < -0.4 is 15.1 Å². The number of anilines is 2. The lowest BCUT2D eigenvalue weighted by Crippen LogP contribution is -2.40. The van der Waals surface area contributed by atoms with E-state index >= 15 is 0 Å². The molecule has 2 aromatic rings. The lowest BCUT2D eigenvalue weighted by molar-refractivity contribution is 0.0553. The SMILES string of the molecule is CCNC(=O)N1C[C@@H]2CN(c3ccc(N4CC[C@@H](OCc5ccccc5)C4)cc3)C[C@@H]2C1. The Hall–Kier alpha value is -2.73. The predicted molar refractivity (Wildman–Crippen MR) is 128 cm³/mol. The zero-order valence-corrected chi connectivity index (χ0v) is 19.0. The normalized spacial score (nSPS) is 24.8. The van der Waals surface area contributed by atoms with Crippen molar-refractivity contribution in [3.63, 3.8) is 0 Å². The molecule has 6 nitrogen and oxygen atoms in total. The number of urea groups is 1. The van der Waals surface area contributed by atoms with Gasteiger partial charge in [-0.25, -0.2) is 4.79 Å². The van der Waals surface area contributed by atoms with Crippen molar-refractivity contribution in [2.24, 2.45) is 11.8 Å². The van der Waals surface area contributed by atoms with Crippen LogP contribution in [0, 0.1) is 11.8 Å². The minimum absolute atomic E-state index is 0.0921. The summed E-state index contributed by atoms with van der Waals surface area (Å²) in [4.78, 5) is 19.0. The van der Waals surface area contributed by atoms with Crippen LogP contribution in [0.15, 0.2) is 54.6 Å². The first-order valence-electron chi connectivity index (χ1n) is 12.0. The Morgan fingerprint density at radius 2 is 1.56 bits per heavy atom. The maximum Gasteiger partial charge on any atom is 0.317 e. The maximum absolute atomic E-state index is 12.1. The summed E-state index contributed by atoms with van der Waals surface area (Å²) in [7, 11) is 0. The Bertz CT molecular complexity index is 890. The molecule has 0 saturated carbocycles. The molecule has 3 saturated heterocycles. The molecule has 3 fully saturated rings. The van der Waals surface area contributed by atoms with E-state index in [2.05, 4.69) is 63.6 Å². The smallest absolute Gasteiger partial charge is 0.317 e. The van der Waals surface area contributed by atoms with Gasteiger partial charge in [0, 0.05) is 69.0 Å². The summed E-state index contributed by atoms with van der Waals surface area (Å²) in [6.07, 6.45) is 1.37. The number of benzene rings is 2. The van der Waals surface area contributed by atoms with Gasteiger partial charge in [-0.05, 0) is 43.2 Å². The van der Waals surface area contributed by atoms with E-state index in [0.29, 0.717) is 31.1 Å². The van der Waals surface area contributed by atoms with Crippen molar-refractivity contribution in [2.45, 2.75) is 26.1 Å². The molecule has 0 unspecified atom stereocenters. The number of likely N-dealkylation sites (tertiary alicyclic amines) is 1. The molecule has 3 atom stereocenters. The summed E-state index contributed by atoms with van der Waals surface area (Å²) in [5.41, 5.74) is 3.81. The minimum atomic E-state index is 0.0921. The molecule has 3 aliphatic heterocycles. The Labute approximate surface area is 191 Å². The molecule has 0 aliphatic carbocycles. The molecule has 0 aromatic heterocycles. The van der Waals surface area contributed by atoms with Crippen LogP contribution in [-0.4, -0.2) is 62.8 Å². The third-order valence-corrected chi connectivity index (χ3v) is 7.16. The van der Waals surface area contributed by atoms with E-state index in [0.717, 1.165) is 45.7 Å². The highest BCUT2D eigenvalue weighted by Gasteiger charge is 2.41. The van der Waals surface area contributed by atoms with Gasteiger partial charge in [0.1, 0.15) is 0 Å². The molecule has 3 aliphatic rings. The number of nitrogens with one attached hydrogen (secondary N) is 1. The quantitative estimate of drug-likeness (QED) is 0.755. The molecule has 0 spiro atoms. The van der Waals surface area contributed by atoms with Crippen molar-refractivity contribution in [3.8, 4) is 0 Å². The standard InChI is InChI=1S/C26H34N4O2/c1-2-27-26(31)30-16-21-14-29(15-22(21)17-30)24-10-8-23(9-11-24)28-13-12-25(18-28)32-19-20-6-4-3-5-7-20/h3-11,21-22,25H,2,12-19H2,1H3,(H,27,31)/t21-,22+,25-/m1/s1. The molecule has 1 N–H and O–H groups in total. The fourth-order valence-corrected chi connectivity index (χ4v) is 5.39. The third kappa shape index (κ3) is 4.56. The number of carbonyl (C=O) groups excluding carboxylic acids is 1. The summed E-state index contributed by atoms with van der Waals surface area (Å²) in [6, 6.07) is 19.5. The lowest BCUT2D eigenvalue weighted by Gasteiger charge is -2.24. The average Bonchev–Trinajstić information content (AvgIpc) is 3.54. The van der Waals surface area contributed by atoms with Gasteiger partial charge in [-0.3, -0.25) is 0 Å². The van der Waals surface area contributed by atoms with Gasteiger partial charge in [0.15, 0.2) is 0 Å². The number of hydrogen-bond donors (Lipinski definition) is 1. The molecular formula is C26H34N4O2. The molecule has 0 radical (unpaired) electrons. The zero-order valence-electron chi connectivity index (χ0n) is 19.0. The number of hydrogen-bond acceptors (Lipinski definition) is 4. The molecule has 5 rings (SSSR count). The summed E-state index contributed by atoms with van der Waals surface area (Å²) in [5.74, 6) is 1.16. The third-order valence-electron chi connectivity index (χ3n) is 7.16. The van der Waals surface area contributed by atoms with Gasteiger partial charge in [-0.1, -0.05) is 30.3 Å². The van der Waals surface area contributed by atoms with Gasteiger partial charge in [0.25, 0.3) is 0 Å². The second kappa shape index (κ2) is 9.41. The maximum atomic E-state index is 12.1. The van der Waals surface area contributed by atoms with Crippen molar-refractivity contribution in [1.29, 1.82) is 0 Å². The fourth-order valence-electron chi connectivity index (χ4n) is 5.39. The number of carbonyl (C=O) groups is 1. The zero-order chi connectivity index (χ0) is 21.9. The van der Waals surface area contributed by atoms with Gasteiger partial charge < -0.3 is 24.8 Å². The molecule has 3 heterocycles. The second-order valence-corrected chi connectivity index (χ2v) is 9.34. The molecule has 2 amide bonds. The van der Waals surface area contributed by atoms with Crippen LogP contribution in [0.1, 0.15) is 18.9 Å². The number of nitrogens with zero attached hydrogens (tertiary/aromatic N) is 3. The summed E-state index contributed by atoms with van der Waals surface area (Å²) in [6.45, 7) is 9.19. The van der Waals surface area contributed by atoms with Crippen LogP contribution in [0.3, 0.4) is 0 Å². The highest BCUT2D eigenvalue weighted by molar-refractivity contribution is 5.74. The second-order valence-electron chi connectivity index (χ2n) is 9.34. The van der Waals surface area contributed by atoms with Crippen LogP contribution in [0.2, 0.25) is 0 Å². The summed E-state index contributed by atoms with van der Waals surface area (Å²) < 4.78 is 6.15. The number of amides is 2. The van der Waals surface area contributed by atoms with Crippen LogP contribution in [0.5, 0.6) is 0 Å². The Morgan fingerprint density at radius 3 is 2.22 bits per heavy atom. The molecule has 0 bridgehead atoms. The first kappa shape index (κ1) is 21.1. The Kier molecular flexibility index (Phi) is 6.21. The van der Waals surface area contributed by atoms with Crippen LogP contribution in [0.25, 0.3) is 0 Å². The number of rotatable bonds is 6. The fraction of sp³-hybridized carbons (Fsp3) is 0.500. The number of fused-ring (bicyclic) bond motifs is 1. The number of ether oxygens (including phenoxy) is 1.